The fourth-order valence-corrected chi connectivity index (χ4v) is 4.91. The standard InChI is InChI=1S/C25H34N4O2/c1-2-17-31-23-8-5-15-28(19-23)18-21-7-3-4-9-24(21)27-25(30)20-10-12-22(13-11-20)29-16-6-14-26-29/h2,6,10-14,16,21,23-24H,1,3-5,7-9,15,17-19H2,(H,27,30)/t21-,23+,24+/m0/s1. The van der Waals surface area contributed by atoms with Crippen molar-refractivity contribution in [2.75, 3.05) is 26.2 Å². The molecule has 1 aromatic heterocycles. The van der Waals surface area contributed by atoms with Crippen LogP contribution in [0.5, 0.6) is 0 Å². The number of hydrogen-bond acceptors (Lipinski definition) is 4. The van der Waals surface area contributed by atoms with E-state index < -0.39 is 0 Å². The average Bonchev–Trinajstić information content (AvgIpc) is 3.34. The summed E-state index contributed by atoms with van der Waals surface area (Å²) >= 11 is 0. The number of carbonyl (C=O) groups is 1. The zero-order chi connectivity index (χ0) is 21.5. The van der Waals surface area contributed by atoms with Crippen LogP contribution in [-0.2, 0) is 4.74 Å². The molecule has 4 rings (SSSR count). The Labute approximate surface area is 185 Å². The zero-order valence-corrected chi connectivity index (χ0v) is 18.3. The Morgan fingerprint density at radius 2 is 2.03 bits per heavy atom. The molecule has 31 heavy (non-hydrogen) atoms. The Morgan fingerprint density at radius 1 is 1.19 bits per heavy atom. The van der Waals surface area contributed by atoms with Gasteiger partial charge in [0.2, 0.25) is 0 Å². The van der Waals surface area contributed by atoms with Gasteiger partial charge in [-0.25, -0.2) is 4.68 Å². The molecule has 1 saturated heterocycles. The molecule has 1 aromatic carbocycles. The van der Waals surface area contributed by atoms with Gasteiger partial charge in [-0.15, -0.1) is 6.58 Å². The fourth-order valence-electron chi connectivity index (χ4n) is 4.91. The van der Waals surface area contributed by atoms with Crippen LogP contribution in [0.1, 0.15) is 48.9 Å². The van der Waals surface area contributed by atoms with Gasteiger partial charge in [-0.3, -0.25) is 4.79 Å². The third-order valence-corrected chi connectivity index (χ3v) is 6.53. The minimum absolute atomic E-state index is 0.0229. The lowest BCUT2D eigenvalue weighted by Gasteiger charge is -2.39. The van der Waals surface area contributed by atoms with Crippen LogP contribution in [0.2, 0.25) is 0 Å². The van der Waals surface area contributed by atoms with Gasteiger partial charge in [0, 0.05) is 37.1 Å². The minimum Gasteiger partial charge on any atom is -0.373 e. The van der Waals surface area contributed by atoms with E-state index in [0.717, 1.165) is 38.2 Å². The summed E-state index contributed by atoms with van der Waals surface area (Å²) in [4.78, 5) is 15.5. The molecular weight excluding hydrogens is 388 g/mol. The van der Waals surface area contributed by atoms with Crippen molar-refractivity contribution in [2.24, 2.45) is 5.92 Å². The molecule has 2 heterocycles. The summed E-state index contributed by atoms with van der Waals surface area (Å²) < 4.78 is 7.70. The number of carbonyl (C=O) groups excluding carboxylic acids is 1. The quantitative estimate of drug-likeness (QED) is 0.657. The maximum Gasteiger partial charge on any atom is 0.251 e. The highest BCUT2D eigenvalue weighted by Gasteiger charge is 2.30. The monoisotopic (exact) mass is 422 g/mol. The molecule has 1 aliphatic heterocycles. The van der Waals surface area contributed by atoms with Crippen molar-refractivity contribution in [1.82, 2.24) is 20.0 Å². The first-order chi connectivity index (χ1) is 15.2. The summed E-state index contributed by atoms with van der Waals surface area (Å²) in [6.45, 7) is 7.53. The maximum atomic E-state index is 12.9. The van der Waals surface area contributed by atoms with Gasteiger partial charge < -0.3 is 15.0 Å². The molecule has 0 radical (unpaired) electrons. The van der Waals surface area contributed by atoms with Crippen LogP contribution in [0.15, 0.2) is 55.4 Å². The summed E-state index contributed by atoms with van der Waals surface area (Å²) in [6, 6.07) is 9.78. The molecule has 3 atom stereocenters. The first-order valence-electron chi connectivity index (χ1n) is 11.6. The van der Waals surface area contributed by atoms with E-state index >= 15 is 0 Å². The minimum atomic E-state index is 0.0229. The molecule has 1 aliphatic carbocycles. The van der Waals surface area contributed by atoms with Crippen LogP contribution < -0.4 is 5.32 Å². The maximum absolute atomic E-state index is 12.9. The van der Waals surface area contributed by atoms with Gasteiger partial charge in [0.1, 0.15) is 0 Å². The van der Waals surface area contributed by atoms with E-state index in [9.17, 15) is 4.79 Å². The molecule has 0 spiro atoms. The van der Waals surface area contributed by atoms with E-state index in [1.54, 1.807) is 10.9 Å². The molecule has 6 nitrogen and oxygen atoms in total. The number of aromatic nitrogens is 2. The number of piperidine rings is 1. The number of rotatable bonds is 8. The van der Waals surface area contributed by atoms with Crippen LogP contribution in [-0.4, -0.2) is 59.0 Å². The van der Waals surface area contributed by atoms with Gasteiger partial charge in [-0.05, 0) is 68.5 Å². The molecule has 6 heteroatoms. The summed E-state index contributed by atoms with van der Waals surface area (Å²) in [5, 5.41) is 7.58. The number of amides is 1. The Morgan fingerprint density at radius 3 is 2.81 bits per heavy atom. The predicted molar refractivity (Wildman–Crippen MR) is 122 cm³/mol. The third kappa shape index (κ3) is 5.83. The van der Waals surface area contributed by atoms with Gasteiger partial charge in [0.25, 0.3) is 5.91 Å². The first kappa shape index (κ1) is 21.8. The number of nitrogens with one attached hydrogen (secondary N) is 1. The van der Waals surface area contributed by atoms with Crippen LogP contribution in [0, 0.1) is 5.92 Å². The predicted octanol–water partition coefficient (Wildman–Crippen LogP) is 3.83. The normalized spacial score (nSPS) is 24.6. The Hall–Kier alpha value is -2.44. The van der Waals surface area contributed by atoms with Crippen molar-refractivity contribution >= 4 is 5.91 Å². The highest BCUT2D eigenvalue weighted by atomic mass is 16.5. The molecule has 166 valence electrons. The fraction of sp³-hybridized carbons (Fsp3) is 0.520. The SMILES string of the molecule is C=CCO[C@@H]1CCCN(C[C@@H]2CCCC[C@H]2NC(=O)c2ccc(-n3cccn3)cc2)C1. The Bertz CT molecular complexity index is 834. The average molecular weight is 423 g/mol. The molecular formula is C25H34N4O2. The second-order valence-corrected chi connectivity index (χ2v) is 8.77. The lowest BCUT2D eigenvalue weighted by molar-refractivity contribution is 0.00515. The van der Waals surface area contributed by atoms with Crippen molar-refractivity contribution in [3.8, 4) is 5.69 Å². The van der Waals surface area contributed by atoms with Gasteiger partial charge in [-0.1, -0.05) is 18.9 Å². The van der Waals surface area contributed by atoms with Crippen LogP contribution >= 0.6 is 0 Å². The smallest absolute Gasteiger partial charge is 0.251 e. The number of nitrogens with zero attached hydrogens (tertiary/aromatic N) is 3. The number of likely N-dealkylation sites (tertiary alicyclic amines) is 1. The van der Waals surface area contributed by atoms with Gasteiger partial charge in [0.15, 0.2) is 0 Å². The third-order valence-electron chi connectivity index (χ3n) is 6.53. The van der Waals surface area contributed by atoms with Crippen molar-refractivity contribution in [2.45, 2.75) is 50.7 Å². The van der Waals surface area contributed by atoms with E-state index in [1.165, 1.54) is 25.7 Å². The largest absolute Gasteiger partial charge is 0.373 e. The highest BCUT2D eigenvalue weighted by Crippen LogP contribution is 2.27. The van der Waals surface area contributed by atoms with Gasteiger partial charge >= 0.3 is 0 Å². The molecule has 2 aliphatic rings. The second-order valence-electron chi connectivity index (χ2n) is 8.77. The molecule has 2 fully saturated rings. The van der Waals surface area contributed by atoms with Crippen molar-refractivity contribution < 1.29 is 9.53 Å². The topological polar surface area (TPSA) is 59.4 Å². The van der Waals surface area contributed by atoms with Crippen LogP contribution in [0.25, 0.3) is 5.69 Å². The molecule has 1 amide bonds. The first-order valence-corrected chi connectivity index (χ1v) is 11.6. The van der Waals surface area contributed by atoms with E-state index in [1.807, 2.05) is 42.6 Å². The number of hydrogen-bond donors (Lipinski definition) is 1. The molecule has 0 unspecified atom stereocenters. The number of ether oxygens (including phenoxy) is 1. The van der Waals surface area contributed by atoms with Crippen LogP contribution in [0.3, 0.4) is 0 Å². The number of benzene rings is 1. The van der Waals surface area contributed by atoms with Crippen molar-refractivity contribution in [1.29, 1.82) is 0 Å². The summed E-state index contributed by atoms with van der Waals surface area (Å²) in [6.07, 6.45) is 12.8. The van der Waals surface area contributed by atoms with E-state index in [-0.39, 0.29) is 11.9 Å². The van der Waals surface area contributed by atoms with E-state index in [2.05, 4.69) is 21.9 Å². The lowest BCUT2D eigenvalue weighted by atomic mass is 9.83. The molecule has 1 saturated carbocycles. The van der Waals surface area contributed by atoms with Crippen molar-refractivity contribution in [3.05, 3.63) is 60.9 Å². The van der Waals surface area contributed by atoms with Gasteiger partial charge in [0.05, 0.1) is 18.4 Å². The molecule has 0 bridgehead atoms. The molecule has 2 aromatic rings. The molecule has 1 N–H and O–H groups in total. The Kier molecular flexibility index (Phi) is 7.54. The van der Waals surface area contributed by atoms with Crippen LogP contribution in [0.4, 0.5) is 0 Å². The zero-order valence-electron chi connectivity index (χ0n) is 18.3. The highest BCUT2D eigenvalue weighted by molar-refractivity contribution is 5.94. The second kappa shape index (κ2) is 10.7. The summed E-state index contributed by atoms with van der Waals surface area (Å²) in [5.41, 5.74) is 1.66. The lowest BCUT2D eigenvalue weighted by Crippen LogP contribution is -2.49. The van der Waals surface area contributed by atoms with E-state index in [4.69, 9.17) is 4.74 Å². The van der Waals surface area contributed by atoms with E-state index in [0.29, 0.717) is 24.2 Å². The Balaban J connectivity index is 1.34. The summed E-state index contributed by atoms with van der Waals surface area (Å²) in [7, 11) is 0. The summed E-state index contributed by atoms with van der Waals surface area (Å²) in [5.74, 6) is 0.522. The van der Waals surface area contributed by atoms with Crippen molar-refractivity contribution in [3.63, 3.8) is 0 Å². The van der Waals surface area contributed by atoms with Gasteiger partial charge in [-0.2, -0.15) is 5.10 Å².